The molecule has 0 unspecified atom stereocenters. The number of aliphatic carboxylic acids is 1. The predicted molar refractivity (Wildman–Crippen MR) is 72.4 cm³/mol. The molecule has 0 saturated heterocycles. The Morgan fingerprint density at radius 3 is 2.80 bits per heavy atom. The second kappa shape index (κ2) is 6.47. The first-order chi connectivity index (χ1) is 9.54. The molecule has 1 aromatic heterocycles. The van der Waals surface area contributed by atoms with Gasteiger partial charge in [0, 0.05) is 17.8 Å². The molecule has 2 rings (SSSR count). The standard InChI is InChI=1S/C12H15N3O4S/c16-9(13-4-3-10(17)18)5-8-6-20-12(14-8)15-11(19)7-1-2-7/h6-7H,1-5H2,(H,13,16)(H,17,18)(H,14,15,19). The van der Waals surface area contributed by atoms with Crippen LogP contribution in [0.5, 0.6) is 0 Å². The first-order valence-corrected chi connectivity index (χ1v) is 7.16. The van der Waals surface area contributed by atoms with E-state index in [1.54, 1.807) is 5.38 Å². The summed E-state index contributed by atoms with van der Waals surface area (Å²) in [6.07, 6.45) is 1.83. The SMILES string of the molecule is O=C(O)CCNC(=O)Cc1csc(NC(=O)C2CC2)n1. The molecular formula is C12H15N3O4S. The number of hydrogen-bond donors (Lipinski definition) is 3. The minimum atomic E-state index is -0.955. The molecule has 0 radical (unpaired) electrons. The number of thiazole rings is 1. The van der Waals surface area contributed by atoms with E-state index >= 15 is 0 Å². The van der Waals surface area contributed by atoms with Crippen molar-refractivity contribution >= 4 is 34.3 Å². The van der Waals surface area contributed by atoms with Crippen molar-refractivity contribution in [3.63, 3.8) is 0 Å². The van der Waals surface area contributed by atoms with E-state index in [0.717, 1.165) is 12.8 Å². The minimum Gasteiger partial charge on any atom is -0.481 e. The molecule has 0 bridgehead atoms. The van der Waals surface area contributed by atoms with Crippen LogP contribution < -0.4 is 10.6 Å². The number of nitrogens with zero attached hydrogens (tertiary/aromatic N) is 1. The van der Waals surface area contributed by atoms with Crippen LogP contribution >= 0.6 is 11.3 Å². The first-order valence-electron chi connectivity index (χ1n) is 6.28. The van der Waals surface area contributed by atoms with E-state index in [9.17, 15) is 14.4 Å². The van der Waals surface area contributed by atoms with Gasteiger partial charge in [0.1, 0.15) is 0 Å². The fourth-order valence-electron chi connectivity index (χ4n) is 1.53. The summed E-state index contributed by atoms with van der Waals surface area (Å²) in [6.45, 7) is 0.101. The van der Waals surface area contributed by atoms with E-state index in [-0.39, 0.29) is 37.1 Å². The topological polar surface area (TPSA) is 108 Å². The van der Waals surface area contributed by atoms with Gasteiger partial charge in [-0.2, -0.15) is 0 Å². The summed E-state index contributed by atoms with van der Waals surface area (Å²) in [7, 11) is 0. The highest BCUT2D eigenvalue weighted by atomic mass is 32.1. The third kappa shape index (κ3) is 4.61. The number of carboxylic acids is 1. The van der Waals surface area contributed by atoms with Crippen LogP contribution in [0, 0.1) is 5.92 Å². The van der Waals surface area contributed by atoms with Crippen molar-refractivity contribution < 1.29 is 19.5 Å². The minimum absolute atomic E-state index is 0.0168. The number of carboxylic acid groups (broad SMARTS) is 1. The van der Waals surface area contributed by atoms with Crippen LogP contribution in [0.1, 0.15) is 25.0 Å². The van der Waals surface area contributed by atoms with E-state index in [2.05, 4.69) is 15.6 Å². The molecule has 3 N–H and O–H groups in total. The summed E-state index contributed by atoms with van der Waals surface area (Å²) in [4.78, 5) is 37.5. The molecular weight excluding hydrogens is 282 g/mol. The summed E-state index contributed by atoms with van der Waals surface area (Å²) in [5.41, 5.74) is 0.564. The molecule has 1 aliphatic carbocycles. The van der Waals surface area contributed by atoms with Gasteiger partial charge in [-0.05, 0) is 12.8 Å². The summed E-state index contributed by atoms with van der Waals surface area (Å²) in [5.74, 6) is -1.14. The zero-order valence-corrected chi connectivity index (χ0v) is 11.5. The van der Waals surface area contributed by atoms with Gasteiger partial charge in [0.05, 0.1) is 18.5 Å². The van der Waals surface area contributed by atoms with E-state index in [1.807, 2.05) is 0 Å². The Balaban J connectivity index is 1.75. The van der Waals surface area contributed by atoms with E-state index in [1.165, 1.54) is 11.3 Å². The quantitative estimate of drug-likeness (QED) is 0.684. The third-order valence-electron chi connectivity index (χ3n) is 2.73. The number of rotatable bonds is 7. The molecule has 7 nitrogen and oxygen atoms in total. The summed E-state index contributed by atoms with van der Waals surface area (Å²) < 4.78 is 0. The maximum atomic E-state index is 11.5. The Hall–Kier alpha value is -1.96. The Morgan fingerprint density at radius 2 is 2.15 bits per heavy atom. The molecule has 1 fully saturated rings. The van der Waals surface area contributed by atoms with Gasteiger partial charge in [-0.15, -0.1) is 11.3 Å². The molecule has 1 aliphatic rings. The summed E-state index contributed by atoms with van der Waals surface area (Å²) in [5, 5.41) is 15.9. The average Bonchev–Trinajstić information content (AvgIpc) is 3.13. The Labute approximate surface area is 119 Å². The van der Waals surface area contributed by atoms with Crippen molar-refractivity contribution in [1.82, 2.24) is 10.3 Å². The number of amides is 2. The molecule has 2 amide bonds. The summed E-state index contributed by atoms with van der Waals surface area (Å²) >= 11 is 1.28. The fraction of sp³-hybridized carbons (Fsp3) is 0.500. The number of nitrogens with one attached hydrogen (secondary N) is 2. The van der Waals surface area contributed by atoms with Gasteiger partial charge in [-0.25, -0.2) is 4.98 Å². The molecule has 20 heavy (non-hydrogen) atoms. The number of carbonyl (C=O) groups excluding carboxylic acids is 2. The normalized spacial score (nSPS) is 13.8. The van der Waals surface area contributed by atoms with Crippen LogP contribution in [0.2, 0.25) is 0 Å². The Kier molecular flexibility index (Phi) is 4.67. The molecule has 0 atom stereocenters. The molecule has 108 valence electrons. The molecule has 1 saturated carbocycles. The van der Waals surface area contributed by atoms with Gasteiger partial charge < -0.3 is 15.7 Å². The first kappa shape index (κ1) is 14.4. The Bertz CT molecular complexity index is 525. The van der Waals surface area contributed by atoms with Crippen LogP contribution in [0.25, 0.3) is 0 Å². The van der Waals surface area contributed by atoms with Gasteiger partial charge >= 0.3 is 5.97 Å². The largest absolute Gasteiger partial charge is 0.481 e. The lowest BCUT2D eigenvalue weighted by molar-refractivity contribution is -0.137. The van der Waals surface area contributed by atoms with E-state index in [4.69, 9.17) is 5.11 Å². The average molecular weight is 297 g/mol. The predicted octanol–water partition coefficient (Wildman–Crippen LogP) is 0.625. The van der Waals surface area contributed by atoms with Crippen LogP contribution in [-0.4, -0.2) is 34.4 Å². The second-order valence-corrected chi connectivity index (χ2v) is 5.44. The molecule has 0 aromatic carbocycles. The van der Waals surface area contributed by atoms with Crippen LogP contribution in [0.3, 0.4) is 0 Å². The maximum absolute atomic E-state index is 11.5. The lowest BCUT2D eigenvalue weighted by Crippen LogP contribution is -2.27. The van der Waals surface area contributed by atoms with Crippen LogP contribution in [0.15, 0.2) is 5.38 Å². The van der Waals surface area contributed by atoms with E-state index < -0.39 is 5.97 Å². The molecule has 0 spiro atoms. The van der Waals surface area contributed by atoms with Gasteiger partial charge in [-0.1, -0.05) is 0 Å². The Morgan fingerprint density at radius 1 is 1.40 bits per heavy atom. The number of carbonyl (C=O) groups is 3. The zero-order valence-electron chi connectivity index (χ0n) is 10.7. The highest BCUT2D eigenvalue weighted by Gasteiger charge is 2.30. The van der Waals surface area contributed by atoms with Crippen LogP contribution in [-0.2, 0) is 20.8 Å². The number of hydrogen-bond acceptors (Lipinski definition) is 5. The lowest BCUT2D eigenvalue weighted by atomic mass is 10.3. The van der Waals surface area contributed by atoms with Crippen molar-refractivity contribution in [2.45, 2.75) is 25.7 Å². The van der Waals surface area contributed by atoms with Gasteiger partial charge in [0.15, 0.2) is 5.13 Å². The highest BCUT2D eigenvalue weighted by molar-refractivity contribution is 7.13. The van der Waals surface area contributed by atoms with Crippen LogP contribution in [0.4, 0.5) is 5.13 Å². The summed E-state index contributed by atoms with van der Waals surface area (Å²) in [6, 6.07) is 0. The molecule has 8 heteroatoms. The zero-order chi connectivity index (χ0) is 14.5. The van der Waals surface area contributed by atoms with Crippen molar-refractivity contribution in [3.05, 3.63) is 11.1 Å². The second-order valence-electron chi connectivity index (χ2n) is 4.58. The fourth-order valence-corrected chi connectivity index (χ4v) is 2.25. The van der Waals surface area contributed by atoms with Crippen molar-refractivity contribution in [1.29, 1.82) is 0 Å². The van der Waals surface area contributed by atoms with Crippen molar-refractivity contribution in [2.75, 3.05) is 11.9 Å². The van der Waals surface area contributed by atoms with Crippen molar-refractivity contribution in [3.8, 4) is 0 Å². The lowest BCUT2D eigenvalue weighted by Gasteiger charge is -2.01. The number of anilines is 1. The maximum Gasteiger partial charge on any atom is 0.305 e. The van der Waals surface area contributed by atoms with Gasteiger partial charge in [-0.3, -0.25) is 14.4 Å². The van der Waals surface area contributed by atoms with Gasteiger partial charge in [0.2, 0.25) is 11.8 Å². The number of aromatic nitrogens is 1. The van der Waals surface area contributed by atoms with E-state index in [0.29, 0.717) is 10.8 Å². The van der Waals surface area contributed by atoms with Gasteiger partial charge in [0.25, 0.3) is 0 Å². The molecule has 1 heterocycles. The third-order valence-corrected chi connectivity index (χ3v) is 3.54. The molecule has 0 aliphatic heterocycles. The monoisotopic (exact) mass is 297 g/mol. The highest BCUT2D eigenvalue weighted by Crippen LogP contribution is 2.30. The van der Waals surface area contributed by atoms with Crippen molar-refractivity contribution in [2.24, 2.45) is 5.92 Å². The smallest absolute Gasteiger partial charge is 0.305 e. The molecule has 1 aromatic rings.